The number of ether oxygens (including phenoxy) is 3. The highest BCUT2D eigenvalue weighted by atomic mass is 16.5. The van der Waals surface area contributed by atoms with Gasteiger partial charge in [-0.25, -0.2) is 0 Å². The Labute approximate surface area is 127 Å². The molecule has 0 saturated heterocycles. The predicted octanol–water partition coefficient (Wildman–Crippen LogP) is 3.76. The molecule has 4 heteroatoms. The lowest BCUT2D eigenvalue weighted by atomic mass is 10.1. The number of hydrogen-bond donors (Lipinski definition) is 0. The monoisotopic (exact) mass is 294 g/mol. The van der Waals surface area contributed by atoms with Gasteiger partial charge in [-0.05, 0) is 38.0 Å². The van der Waals surface area contributed by atoms with E-state index in [1.807, 2.05) is 32.0 Å². The molecule has 118 valence electrons. The average molecular weight is 294 g/mol. The molecule has 4 nitrogen and oxygen atoms in total. The summed E-state index contributed by atoms with van der Waals surface area (Å²) in [6, 6.07) is 5.84. The van der Waals surface area contributed by atoms with Gasteiger partial charge in [-0.2, -0.15) is 0 Å². The Hall–Kier alpha value is -1.71. The number of carbonyl (C=O) groups excluding carboxylic acids is 1. The first-order valence-electron chi connectivity index (χ1n) is 7.75. The van der Waals surface area contributed by atoms with E-state index < -0.39 is 0 Å². The zero-order chi connectivity index (χ0) is 15.5. The van der Waals surface area contributed by atoms with Gasteiger partial charge < -0.3 is 14.2 Å². The zero-order valence-corrected chi connectivity index (χ0v) is 13.3. The molecule has 1 aromatic carbocycles. The van der Waals surface area contributed by atoms with E-state index in [2.05, 4.69) is 6.92 Å². The summed E-state index contributed by atoms with van der Waals surface area (Å²) in [7, 11) is 0. The van der Waals surface area contributed by atoms with Crippen molar-refractivity contribution >= 4 is 5.97 Å². The first-order valence-corrected chi connectivity index (χ1v) is 7.75. The molecule has 0 aliphatic heterocycles. The van der Waals surface area contributed by atoms with Crippen LogP contribution in [0.2, 0.25) is 0 Å². The Bertz CT molecular complexity index is 429. The van der Waals surface area contributed by atoms with Crippen LogP contribution < -0.4 is 9.47 Å². The van der Waals surface area contributed by atoms with Crippen LogP contribution in [0.3, 0.4) is 0 Å². The van der Waals surface area contributed by atoms with Crippen molar-refractivity contribution in [1.82, 2.24) is 0 Å². The Morgan fingerprint density at radius 1 is 1.05 bits per heavy atom. The molecule has 0 atom stereocenters. The summed E-state index contributed by atoms with van der Waals surface area (Å²) in [4.78, 5) is 11.4. The number of hydrogen-bond acceptors (Lipinski definition) is 4. The average Bonchev–Trinajstić information content (AvgIpc) is 2.48. The zero-order valence-electron chi connectivity index (χ0n) is 13.3. The van der Waals surface area contributed by atoms with E-state index in [0.29, 0.717) is 32.7 Å². The maximum absolute atomic E-state index is 11.4. The van der Waals surface area contributed by atoms with Crippen LogP contribution in [-0.4, -0.2) is 25.8 Å². The fourth-order valence-corrected chi connectivity index (χ4v) is 1.93. The lowest BCUT2D eigenvalue weighted by molar-refractivity contribution is -0.143. The van der Waals surface area contributed by atoms with Gasteiger partial charge in [0, 0.05) is 12.8 Å². The van der Waals surface area contributed by atoms with Gasteiger partial charge in [0.2, 0.25) is 0 Å². The van der Waals surface area contributed by atoms with Gasteiger partial charge in [0.1, 0.15) is 0 Å². The maximum Gasteiger partial charge on any atom is 0.305 e. The summed E-state index contributed by atoms with van der Waals surface area (Å²) in [5.41, 5.74) is 1.07. The van der Waals surface area contributed by atoms with Crippen molar-refractivity contribution in [2.24, 2.45) is 0 Å². The molecule has 21 heavy (non-hydrogen) atoms. The van der Waals surface area contributed by atoms with Crippen LogP contribution >= 0.6 is 0 Å². The van der Waals surface area contributed by atoms with Gasteiger partial charge in [0.15, 0.2) is 11.5 Å². The molecule has 1 rings (SSSR count). The summed E-state index contributed by atoms with van der Waals surface area (Å²) in [6.07, 6.45) is 3.08. The summed E-state index contributed by atoms with van der Waals surface area (Å²) >= 11 is 0. The van der Waals surface area contributed by atoms with Gasteiger partial charge in [-0.1, -0.05) is 19.4 Å². The van der Waals surface area contributed by atoms with Crippen LogP contribution in [0.15, 0.2) is 18.2 Å². The first-order chi connectivity index (χ1) is 10.2. The van der Waals surface area contributed by atoms with E-state index in [-0.39, 0.29) is 5.97 Å². The molecular weight excluding hydrogens is 268 g/mol. The quantitative estimate of drug-likeness (QED) is 0.616. The molecule has 0 unspecified atom stereocenters. The molecule has 0 heterocycles. The molecule has 0 radical (unpaired) electrons. The van der Waals surface area contributed by atoms with E-state index in [9.17, 15) is 4.79 Å². The SMILES string of the molecule is CCCCC(=O)OCCc1ccc(OCC)c(OCC)c1. The summed E-state index contributed by atoms with van der Waals surface area (Å²) < 4.78 is 16.3. The van der Waals surface area contributed by atoms with E-state index in [0.717, 1.165) is 29.9 Å². The van der Waals surface area contributed by atoms with Crippen molar-refractivity contribution in [2.45, 2.75) is 46.5 Å². The summed E-state index contributed by atoms with van der Waals surface area (Å²) in [5.74, 6) is 1.38. The molecule has 0 spiro atoms. The normalized spacial score (nSPS) is 10.2. The number of rotatable bonds is 10. The van der Waals surface area contributed by atoms with Crippen LogP contribution in [0.4, 0.5) is 0 Å². The number of carbonyl (C=O) groups is 1. The first kappa shape index (κ1) is 17.3. The highest BCUT2D eigenvalue weighted by molar-refractivity contribution is 5.69. The standard InChI is InChI=1S/C17H26O4/c1-4-7-8-17(18)21-12-11-14-9-10-15(19-5-2)16(13-14)20-6-3/h9-10,13H,4-8,11-12H2,1-3H3. The predicted molar refractivity (Wildman–Crippen MR) is 83.0 cm³/mol. The summed E-state index contributed by atoms with van der Waals surface area (Å²) in [6.45, 7) is 7.55. The second-order valence-electron chi connectivity index (χ2n) is 4.72. The van der Waals surface area contributed by atoms with E-state index in [1.54, 1.807) is 0 Å². The smallest absolute Gasteiger partial charge is 0.305 e. The number of esters is 1. The van der Waals surface area contributed by atoms with Crippen molar-refractivity contribution in [1.29, 1.82) is 0 Å². The Kier molecular flexibility index (Phi) is 8.32. The van der Waals surface area contributed by atoms with Gasteiger partial charge in [-0.15, -0.1) is 0 Å². The highest BCUT2D eigenvalue weighted by Gasteiger charge is 2.07. The molecule has 0 aromatic heterocycles. The molecule has 0 N–H and O–H groups in total. The van der Waals surface area contributed by atoms with E-state index in [4.69, 9.17) is 14.2 Å². The third kappa shape index (κ3) is 6.52. The van der Waals surface area contributed by atoms with Crippen LogP contribution in [0.5, 0.6) is 11.5 Å². The van der Waals surface area contributed by atoms with Crippen molar-refractivity contribution < 1.29 is 19.0 Å². The third-order valence-electron chi connectivity index (χ3n) is 3.00. The molecule has 1 aromatic rings. The lowest BCUT2D eigenvalue weighted by Gasteiger charge is -2.12. The highest BCUT2D eigenvalue weighted by Crippen LogP contribution is 2.28. The Morgan fingerprint density at radius 3 is 2.43 bits per heavy atom. The molecule has 0 fully saturated rings. The largest absolute Gasteiger partial charge is 0.490 e. The number of unbranched alkanes of at least 4 members (excludes halogenated alkanes) is 1. The molecule has 0 bridgehead atoms. The van der Waals surface area contributed by atoms with Gasteiger partial charge in [0.05, 0.1) is 19.8 Å². The third-order valence-corrected chi connectivity index (χ3v) is 3.00. The molecule has 0 aliphatic carbocycles. The van der Waals surface area contributed by atoms with Gasteiger partial charge >= 0.3 is 5.97 Å². The summed E-state index contributed by atoms with van der Waals surface area (Å²) in [5, 5.41) is 0. The fourth-order valence-electron chi connectivity index (χ4n) is 1.93. The molecule has 0 saturated carbocycles. The van der Waals surface area contributed by atoms with Crippen LogP contribution in [-0.2, 0) is 16.0 Å². The van der Waals surface area contributed by atoms with Crippen molar-refractivity contribution in [3.63, 3.8) is 0 Å². The maximum atomic E-state index is 11.4. The Morgan fingerprint density at radius 2 is 1.76 bits per heavy atom. The minimum Gasteiger partial charge on any atom is -0.490 e. The topological polar surface area (TPSA) is 44.8 Å². The second kappa shape index (κ2) is 10.1. The lowest BCUT2D eigenvalue weighted by Crippen LogP contribution is -2.07. The van der Waals surface area contributed by atoms with Gasteiger partial charge in [0.25, 0.3) is 0 Å². The van der Waals surface area contributed by atoms with Crippen LogP contribution in [0.1, 0.15) is 45.6 Å². The minimum atomic E-state index is -0.118. The van der Waals surface area contributed by atoms with Crippen molar-refractivity contribution in [2.75, 3.05) is 19.8 Å². The Balaban J connectivity index is 2.51. The van der Waals surface area contributed by atoms with Crippen molar-refractivity contribution in [3.05, 3.63) is 23.8 Å². The van der Waals surface area contributed by atoms with E-state index >= 15 is 0 Å². The van der Waals surface area contributed by atoms with Crippen molar-refractivity contribution in [3.8, 4) is 11.5 Å². The number of benzene rings is 1. The molecule has 0 amide bonds. The minimum absolute atomic E-state index is 0.118. The second-order valence-corrected chi connectivity index (χ2v) is 4.72. The fraction of sp³-hybridized carbons (Fsp3) is 0.588. The van der Waals surface area contributed by atoms with Crippen LogP contribution in [0.25, 0.3) is 0 Å². The molecular formula is C17H26O4. The molecule has 0 aliphatic rings. The van der Waals surface area contributed by atoms with Crippen LogP contribution in [0, 0.1) is 0 Å². The van der Waals surface area contributed by atoms with Gasteiger partial charge in [-0.3, -0.25) is 4.79 Å². The van der Waals surface area contributed by atoms with E-state index in [1.165, 1.54) is 0 Å².